The fourth-order valence-corrected chi connectivity index (χ4v) is 13.4. The van der Waals surface area contributed by atoms with E-state index in [1.165, 1.54) is 89.0 Å². The van der Waals surface area contributed by atoms with Crippen LogP contribution in [-0.4, -0.2) is 43.8 Å². The minimum Gasteiger partial charge on any atom is -0.393 e. The second kappa shape index (κ2) is 20.4. The molecule has 0 radical (unpaired) electrons. The van der Waals surface area contributed by atoms with Crippen molar-refractivity contribution in [2.45, 2.75) is 209 Å². The molecule has 6 fully saturated rings. The lowest BCUT2D eigenvalue weighted by Gasteiger charge is -2.44. The highest BCUT2D eigenvalue weighted by Gasteiger charge is 2.51. The van der Waals surface area contributed by atoms with Crippen molar-refractivity contribution in [2.75, 3.05) is 0 Å². The van der Waals surface area contributed by atoms with Crippen molar-refractivity contribution in [3.63, 3.8) is 0 Å². The van der Waals surface area contributed by atoms with Crippen molar-refractivity contribution in [3.8, 4) is 0 Å². The third-order valence-electron chi connectivity index (χ3n) is 17.6. The second-order valence-corrected chi connectivity index (χ2v) is 23.5. The predicted octanol–water partition coefficient (Wildman–Crippen LogP) is 13.7. The van der Waals surface area contributed by atoms with E-state index in [-0.39, 0.29) is 11.8 Å². The molecule has 340 valence electrons. The van der Waals surface area contributed by atoms with E-state index in [2.05, 4.69) is 104 Å². The zero-order chi connectivity index (χ0) is 44.2. The Morgan fingerprint density at radius 2 is 0.933 bits per heavy atom. The first kappa shape index (κ1) is 49.3. The summed E-state index contributed by atoms with van der Waals surface area (Å²) in [4.78, 5) is 0. The van der Waals surface area contributed by atoms with Gasteiger partial charge in [-0.15, -0.1) is 0 Å². The Bertz CT molecular complexity index is 1450. The molecule has 14 atom stereocenters. The topological polar surface area (TPSA) is 80.9 Å². The number of allylic oxidation sites excluding steroid dienone is 9. The van der Waals surface area contributed by atoms with Crippen molar-refractivity contribution in [3.05, 3.63) is 70.9 Å². The maximum atomic E-state index is 10.3. The van der Waals surface area contributed by atoms with Crippen molar-refractivity contribution >= 4 is 0 Å². The SMILES string of the molecule is C[C@@H]1CC(=C/C=C2\CCC[C@]3(C)[C@@H]([C@H](C)/C=C/[C@H](C)C(C)(C)O)CC[C@@H]23)C[C@@H](C)C1.C[C@H](/C=C/[C@H](C)C(C)(C)O)[C@H]1CC[C@H]2/C(=C/C=C3C[C@@H](O)C[C@H](O)C3)CCC[C@]12C. The summed E-state index contributed by atoms with van der Waals surface area (Å²) in [7, 11) is 0. The van der Waals surface area contributed by atoms with Crippen LogP contribution in [-0.2, 0) is 0 Å². The van der Waals surface area contributed by atoms with E-state index in [0.29, 0.717) is 53.8 Å². The van der Waals surface area contributed by atoms with Crippen LogP contribution in [0.3, 0.4) is 0 Å². The Balaban J connectivity index is 0.000000228. The largest absolute Gasteiger partial charge is 0.393 e. The zero-order valence-electron chi connectivity index (χ0n) is 40.6. The van der Waals surface area contributed by atoms with Crippen LogP contribution in [0.25, 0.3) is 0 Å². The Kier molecular flexibility index (Phi) is 16.8. The highest BCUT2D eigenvalue weighted by molar-refractivity contribution is 5.28. The minimum atomic E-state index is -0.674. The number of aliphatic hydroxyl groups is 4. The average molecular weight is 829 g/mol. The zero-order valence-corrected chi connectivity index (χ0v) is 40.6. The highest BCUT2D eigenvalue weighted by Crippen LogP contribution is 2.61. The lowest BCUT2D eigenvalue weighted by molar-refractivity contribution is 0.0431. The molecule has 6 rings (SSSR count). The third kappa shape index (κ3) is 12.3. The van der Waals surface area contributed by atoms with E-state index in [4.69, 9.17) is 0 Å². The van der Waals surface area contributed by atoms with Crippen LogP contribution in [0, 0.1) is 70.0 Å². The maximum Gasteiger partial charge on any atom is 0.0651 e. The van der Waals surface area contributed by atoms with Gasteiger partial charge in [0.15, 0.2) is 0 Å². The first-order valence-electron chi connectivity index (χ1n) is 25.0. The number of hydrogen-bond acceptors (Lipinski definition) is 4. The van der Waals surface area contributed by atoms with Crippen molar-refractivity contribution < 1.29 is 20.4 Å². The predicted molar refractivity (Wildman–Crippen MR) is 254 cm³/mol. The summed E-state index contributed by atoms with van der Waals surface area (Å²) in [6, 6.07) is 0. The maximum absolute atomic E-state index is 10.3. The minimum absolute atomic E-state index is 0.152. The fraction of sp³-hybridized carbons (Fsp3) is 0.786. The lowest BCUT2D eigenvalue weighted by atomic mass is 9.61. The standard InChI is InChI=1S/C29H48O.C27H44O3/c1-20-17-21(2)19-24(18-20)12-13-25-9-8-16-29(7)26(14-15-27(25)29)22(3)10-11-23(4)28(5,6)30;1-18(8-9-19(2)26(3,4)30)24-12-13-25-21(7-6-14-27(24,25)5)11-10-20-15-22(28)17-23(29)16-20/h10-13,20-23,26-27,30H,8-9,14-19H2,1-7H3;8-11,18-19,22-25,28-30H,6-7,12-17H2,1-5H3/b11-10+,25-13+;9-8+,21-11+/t20-,21-,22+,23-,26+,27-,29+;18-,19+,22-,23-,24-,25+,27-/m01/s1. The van der Waals surface area contributed by atoms with Gasteiger partial charge in [-0.2, -0.15) is 0 Å². The number of aliphatic hydroxyl groups excluding tert-OH is 2. The van der Waals surface area contributed by atoms with E-state index >= 15 is 0 Å². The molecule has 0 aromatic heterocycles. The van der Waals surface area contributed by atoms with E-state index in [1.54, 1.807) is 16.7 Å². The van der Waals surface area contributed by atoms with Gasteiger partial charge in [-0.3, -0.25) is 0 Å². The Labute approximate surface area is 369 Å². The molecule has 0 aliphatic heterocycles. The molecule has 6 saturated carbocycles. The van der Waals surface area contributed by atoms with Gasteiger partial charge in [0.2, 0.25) is 0 Å². The molecule has 0 spiro atoms. The summed E-state index contributed by atoms with van der Waals surface area (Å²) in [6.45, 7) is 26.5. The summed E-state index contributed by atoms with van der Waals surface area (Å²) in [5.74, 6) is 6.02. The van der Waals surface area contributed by atoms with Gasteiger partial charge in [-0.1, -0.05) is 126 Å². The summed E-state index contributed by atoms with van der Waals surface area (Å²) in [5, 5.41) is 40.5. The quantitative estimate of drug-likeness (QED) is 0.165. The summed E-state index contributed by atoms with van der Waals surface area (Å²) in [6.07, 6.45) is 37.0. The van der Waals surface area contributed by atoms with Gasteiger partial charge in [0, 0.05) is 11.8 Å². The van der Waals surface area contributed by atoms with Gasteiger partial charge in [-0.25, -0.2) is 0 Å². The molecule has 0 amide bonds. The van der Waals surface area contributed by atoms with Gasteiger partial charge >= 0.3 is 0 Å². The van der Waals surface area contributed by atoms with Gasteiger partial charge in [0.1, 0.15) is 0 Å². The molecule has 0 heterocycles. The number of fused-ring (bicyclic) bond motifs is 2. The van der Waals surface area contributed by atoms with Gasteiger partial charge in [0.05, 0.1) is 23.4 Å². The van der Waals surface area contributed by atoms with E-state index < -0.39 is 23.4 Å². The molecule has 6 aliphatic rings. The first-order chi connectivity index (χ1) is 28.0. The van der Waals surface area contributed by atoms with Crippen LogP contribution in [0.1, 0.15) is 186 Å². The highest BCUT2D eigenvalue weighted by atomic mass is 16.3. The van der Waals surface area contributed by atoms with Crippen LogP contribution in [0.5, 0.6) is 0 Å². The summed E-state index contributed by atoms with van der Waals surface area (Å²) in [5.41, 5.74) is 5.67. The molecule has 4 N–H and O–H groups in total. The molecule has 60 heavy (non-hydrogen) atoms. The third-order valence-corrected chi connectivity index (χ3v) is 17.6. The normalized spacial score (nSPS) is 38.7. The first-order valence-corrected chi connectivity index (χ1v) is 25.0. The van der Waals surface area contributed by atoms with Crippen LogP contribution in [0.4, 0.5) is 0 Å². The van der Waals surface area contributed by atoms with Gasteiger partial charge in [-0.05, 0) is 189 Å². The molecule has 6 aliphatic carbocycles. The molecule has 0 aromatic rings. The van der Waals surface area contributed by atoms with Gasteiger partial charge in [0.25, 0.3) is 0 Å². The van der Waals surface area contributed by atoms with E-state index in [0.717, 1.165) is 23.7 Å². The fourth-order valence-electron chi connectivity index (χ4n) is 13.4. The molecule has 0 saturated heterocycles. The molecular weight excluding hydrogens is 737 g/mol. The van der Waals surface area contributed by atoms with E-state index in [1.807, 2.05) is 27.7 Å². The average Bonchev–Trinajstić information content (AvgIpc) is 3.70. The summed E-state index contributed by atoms with van der Waals surface area (Å²) < 4.78 is 0. The lowest BCUT2D eigenvalue weighted by Crippen LogP contribution is -2.35. The molecular formula is C56H92O4. The van der Waals surface area contributed by atoms with Crippen molar-refractivity contribution in [1.29, 1.82) is 0 Å². The monoisotopic (exact) mass is 829 g/mol. The van der Waals surface area contributed by atoms with Crippen molar-refractivity contribution in [1.82, 2.24) is 0 Å². The smallest absolute Gasteiger partial charge is 0.0651 e. The molecule has 4 heteroatoms. The molecule has 0 unspecified atom stereocenters. The van der Waals surface area contributed by atoms with Crippen LogP contribution in [0.15, 0.2) is 70.9 Å². The Hall–Kier alpha value is -1.72. The summed E-state index contributed by atoms with van der Waals surface area (Å²) >= 11 is 0. The molecule has 0 aromatic carbocycles. The van der Waals surface area contributed by atoms with Crippen LogP contribution in [0.2, 0.25) is 0 Å². The van der Waals surface area contributed by atoms with Gasteiger partial charge < -0.3 is 20.4 Å². The van der Waals surface area contributed by atoms with E-state index in [9.17, 15) is 20.4 Å². The molecule has 4 nitrogen and oxygen atoms in total. The van der Waals surface area contributed by atoms with Crippen LogP contribution < -0.4 is 0 Å². The van der Waals surface area contributed by atoms with Crippen molar-refractivity contribution in [2.24, 2.45) is 70.0 Å². The van der Waals surface area contributed by atoms with Crippen LogP contribution >= 0.6 is 0 Å². The second-order valence-electron chi connectivity index (χ2n) is 23.5. The Morgan fingerprint density at radius 1 is 0.550 bits per heavy atom. The Morgan fingerprint density at radius 3 is 1.32 bits per heavy atom. The number of hydrogen-bond donors (Lipinski definition) is 4. The molecule has 0 bridgehead atoms. The number of rotatable bonds is 10.